The summed E-state index contributed by atoms with van der Waals surface area (Å²) < 4.78 is 23.4. The van der Waals surface area contributed by atoms with Gasteiger partial charge in [-0.15, -0.1) is 0 Å². The fourth-order valence-corrected chi connectivity index (χ4v) is 2.92. The van der Waals surface area contributed by atoms with E-state index in [-0.39, 0.29) is 16.8 Å². The molecule has 0 radical (unpaired) electrons. The Morgan fingerprint density at radius 3 is 2.52 bits per heavy atom. The average Bonchev–Trinajstić information content (AvgIpc) is 2.53. The molecule has 0 fully saturated rings. The number of carbonyl (C=O) groups is 1. The van der Waals surface area contributed by atoms with Crippen molar-refractivity contribution in [2.75, 3.05) is 13.3 Å². The van der Waals surface area contributed by atoms with Crippen molar-refractivity contribution in [3.63, 3.8) is 0 Å². The molecule has 2 aromatic rings. The average molecular weight is 332 g/mol. The maximum Gasteiger partial charge on any atom is 0.254 e. The van der Waals surface area contributed by atoms with Crippen LogP contribution in [-0.2, 0) is 9.84 Å². The maximum atomic E-state index is 12.8. The zero-order valence-corrected chi connectivity index (χ0v) is 14.5. The van der Waals surface area contributed by atoms with Gasteiger partial charge in [-0.25, -0.2) is 8.42 Å². The molecule has 23 heavy (non-hydrogen) atoms. The van der Waals surface area contributed by atoms with Crippen LogP contribution in [0, 0.1) is 6.92 Å². The minimum absolute atomic E-state index is 0.147. The van der Waals surface area contributed by atoms with Crippen molar-refractivity contribution in [3.05, 3.63) is 59.4 Å². The lowest BCUT2D eigenvalue weighted by Crippen LogP contribution is -2.30. The molecule has 0 saturated carbocycles. The number of rotatable bonds is 4. The summed E-state index contributed by atoms with van der Waals surface area (Å²) in [6, 6.07) is 8.18. The van der Waals surface area contributed by atoms with Crippen molar-refractivity contribution in [3.8, 4) is 0 Å². The Morgan fingerprint density at radius 2 is 1.96 bits per heavy atom. The third-order valence-electron chi connectivity index (χ3n) is 3.94. The number of nitrogens with zero attached hydrogens (tertiary/aromatic N) is 2. The first-order valence-electron chi connectivity index (χ1n) is 7.19. The van der Waals surface area contributed by atoms with E-state index in [4.69, 9.17) is 0 Å². The van der Waals surface area contributed by atoms with Gasteiger partial charge in [0.05, 0.1) is 10.9 Å². The highest BCUT2D eigenvalue weighted by Gasteiger charge is 2.22. The van der Waals surface area contributed by atoms with Crippen LogP contribution >= 0.6 is 0 Å². The van der Waals surface area contributed by atoms with Crippen molar-refractivity contribution in [1.82, 2.24) is 9.88 Å². The molecule has 1 atom stereocenters. The highest BCUT2D eigenvalue weighted by Crippen LogP contribution is 2.23. The fourth-order valence-electron chi connectivity index (χ4n) is 2.27. The quantitative estimate of drug-likeness (QED) is 0.863. The lowest BCUT2D eigenvalue weighted by molar-refractivity contribution is 0.0741. The Balaban J connectivity index is 2.36. The molecule has 0 saturated heterocycles. The topological polar surface area (TPSA) is 67.3 Å². The Labute approximate surface area is 136 Å². The molecule has 1 amide bonds. The standard InChI is InChI=1S/C17H20N2O3S/c1-12-7-8-15(23(4,21)22)10-16(12)17(20)19(3)13(2)14-6-5-9-18-11-14/h5-11,13H,1-4H3. The smallest absolute Gasteiger partial charge is 0.254 e. The molecule has 0 aliphatic rings. The Hall–Kier alpha value is -2.21. The van der Waals surface area contributed by atoms with Crippen molar-refractivity contribution >= 4 is 15.7 Å². The van der Waals surface area contributed by atoms with E-state index in [0.29, 0.717) is 5.56 Å². The predicted molar refractivity (Wildman–Crippen MR) is 89.0 cm³/mol. The molecule has 0 spiro atoms. The summed E-state index contributed by atoms with van der Waals surface area (Å²) in [5.74, 6) is -0.218. The highest BCUT2D eigenvalue weighted by atomic mass is 32.2. The van der Waals surface area contributed by atoms with Crippen molar-refractivity contribution in [2.24, 2.45) is 0 Å². The molecule has 2 rings (SSSR count). The molecule has 0 bridgehead atoms. The number of hydrogen-bond acceptors (Lipinski definition) is 4. The monoisotopic (exact) mass is 332 g/mol. The molecule has 0 aliphatic carbocycles. The SMILES string of the molecule is Cc1ccc(S(C)(=O)=O)cc1C(=O)N(C)C(C)c1cccnc1. The van der Waals surface area contributed by atoms with E-state index < -0.39 is 9.84 Å². The molecule has 122 valence electrons. The summed E-state index contributed by atoms with van der Waals surface area (Å²) in [5, 5.41) is 0. The van der Waals surface area contributed by atoms with Crippen molar-refractivity contribution < 1.29 is 13.2 Å². The Kier molecular flexibility index (Phi) is 4.85. The number of aryl methyl sites for hydroxylation is 1. The van der Waals surface area contributed by atoms with Crippen LogP contribution < -0.4 is 0 Å². The second-order valence-electron chi connectivity index (χ2n) is 5.63. The summed E-state index contributed by atoms with van der Waals surface area (Å²) in [6.07, 6.45) is 4.53. The van der Waals surface area contributed by atoms with Crippen LogP contribution in [0.2, 0.25) is 0 Å². The third kappa shape index (κ3) is 3.76. The first kappa shape index (κ1) is 17.1. The van der Waals surface area contributed by atoms with Crippen LogP contribution in [0.15, 0.2) is 47.6 Å². The largest absolute Gasteiger partial charge is 0.335 e. The third-order valence-corrected chi connectivity index (χ3v) is 5.05. The summed E-state index contributed by atoms with van der Waals surface area (Å²) >= 11 is 0. The van der Waals surface area contributed by atoms with Gasteiger partial charge < -0.3 is 4.90 Å². The van der Waals surface area contributed by atoms with Gasteiger partial charge >= 0.3 is 0 Å². The minimum Gasteiger partial charge on any atom is -0.335 e. The second-order valence-corrected chi connectivity index (χ2v) is 7.64. The van der Waals surface area contributed by atoms with Gasteiger partial charge in [-0.3, -0.25) is 9.78 Å². The minimum atomic E-state index is -3.35. The van der Waals surface area contributed by atoms with Gasteiger partial charge in [0.1, 0.15) is 0 Å². The zero-order chi connectivity index (χ0) is 17.2. The number of hydrogen-bond donors (Lipinski definition) is 0. The van der Waals surface area contributed by atoms with Crippen LogP contribution in [0.25, 0.3) is 0 Å². The van der Waals surface area contributed by atoms with Gasteiger partial charge in [0.25, 0.3) is 5.91 Å². The number of amides is 1. The van der Waals surface area contributed by atoms with Gasteiger partial charge in [0.15, 0.2) is 9.84 Å². The first-order valence-corrected chi connectivity index (χ1v) is 9.08. The Morgan fingerprint density at radius 1 is 1.26 bits per heavy atom. The van der Waals surface area contributed by atoms with E-state index in [9.17, 15) is 13.2 Å². The van der Waals surface area contributed by atoms with E-state index in [2.05, 4.69) is 4.98 Å². The fraction of sp³-hybridized carbons (Fsp3) is 0.294. The zero-order valence-electron chi connectivity index (χ0n) is 13.6. The van der Waals surface area contributed by atoms with E-state index in [1.54, 1.807) is 37.3 Å². The van der Waals surface area contributed by atoms with E-state index >= 15 is 0 Å². The van der Waals surface area contributed by atoms with Crippen LogP contribution in [0.3, 0.4) is 0 Å². The second kappa shape index (κ2) is 6.50. The van der Waals surface area contributed by atoms with Gasteiger partial charge in [0, 0.05) is 31.3 Å². The molecule has 1 aromatic heterocycles. The summed E-state index contributed by atoms with van der Waals surface area (Å²) in [7, 11) is -1.65. The summed E-state index contributed by atoms with van der Waals surface area (Å²) in [4.78, 5) is 18.6. The molecule has 1 unspecified atom stereocenters. The number of benzene rings is 1. The highest BCUT2D eigenvalue weighted by molar-refractivity contribution is 7.90. The summed E-state index contributed by atoms with van der Waals surface area (Å²) in [6.45, 7) is 3.70. The van der Waals surface area contributed by atoms with Gasteiger partial charge in [0.2, 0.25) is 0 Å². The molecule has 0 N–H and O–H groups in total. The van der Waals surface area contributed by atoms with Gasteiger partial charge in [-0.2, -0.15) is 0 Å². The molecule has 1 heterocycles. The summed E-state index contributed by atoms with van der Waals surface area (Å²) in [5.41, 5.74) is 2.05. The predicted octanol–water partition coefficient (Wildman–Crippen LogP) is 2.63. The number of carbonyl (C=O) groups excluding carboxylic acids is 1. The number of sulfone groups is 1. The molecular weight excluding hydrogens is 312 g/mol. The van der Waals surface area contributed by atoms with Crippen LogP contribution in [0.1, 0.15) is 34.5 Å². The lowest BCUT2D eigenvalue weighted by Gasteiger charge is -2.26. The maximum absolute atomic E-state index is 12.8. The van der Waals surface area contributed by atoms with Gasteiger partial charge in [-0.1, -0.05) is 12.1 Å². The van der Waals surface area contributed by atoms with Gasteiger partial charge in [-0.05, 0) is 43.2 Å². The van der Waals surface area contributed by atoms with Crippen LogP contribution in [0.5, 0.6) is 0 Å². The molecule has 1 aromatic carbocycles. The van der Waals surface area contributed by atoms with Crippen molar-refractivity contribution in [2.45, 2.75) is 24.8 Å². The number of pyridine rings is 1. The van der Waals surface area contributed by atoms with Crippen molar-refractivity contribution in [1.29, 1.82) is 0 Å². The molecular formula is C17H20N2O3S. The van der Waals surface area contributed by atoms with Crippen LogP contribution in [-0.4, -0.2) is 37.5 Å². The molecule has 0 aliphatic heterocycles. The van der Waals surface area contributed by atoms with Crippen LogP contribution in [0.4, 0.5) is 0 Å². The Bertz CT molecular complexity index is 817. The lowest BCUT2D eigenvalue weighted by atomic mass is 10.1. The molecule has 5 nitrogen and oxygen atoms in total. The normalized spacial score (nSPS) is 12.7. The van der Waals surface area contributed by atoms with E-state index in [0.717, 1.165) is 17.4 Å². The van der Waals surface area contributed by atoms with E-state index in [1.165, 1.54) is 12.1 Å². The van der Waals surface area contributed by atoms with E-state index in [1.807, 2.05) is 19.1 Å². The first-order chi connectivity index (χ1) is 10.7. The molecule has 6 heteroatoms. The number of aromatic nitrogens is 1.